The van der Waals surface area contributed by atoms with Gasteiger partial charge in [0.2, 0.25) is 6.17 Å². The average Bonchev–Trinajstić information content (AvgIpc) is 2.31. The van der Waals surface area contributed by atoms with E-state index in [0.717, 1.165) is 0 Å². The van der Waals surface area contributed by atoms with E-state index in [1.807, 2.05) is 0 Å². The maximum atomic E-state index is 13.6. The Hall–Kier alpha value is -1.04. The lowest BCUT2D eigenvalue weighted by Gasteiger charge is -2.16. The monoisotopic (exact) mass is 297 g/mol. The van der Waals surface area contributed by atoms with Crippen molar-refractivity contribution >= 4 is 30.0 Å². The third kappa shape index (κ3) is 4.01. The van der Waals surface area contributed by atoms with Crippen LogP contribution in [0.25, 0.3) is 0 Å². The van der Waals surface area contributed by atoms with Gasteiger partial charge in [-0.15, -0.1) is 12.4 Å². The number of phenolic OH excluding ortho intramolecular Hbond substituents is 1. The molecule has 2 atom stereocenters. The van der Waals surface area contributed by atoms with Crippen molar-refractivity contribution < 1.29 is 19.0 Å². The van der Waals surface area contributed by atoms with Crippen LogP contribution in [0.4, 0.5) is 4.39 Å². The average molecular weight is 298 g/mol. The molecule has 102 valence electrons. The van der Waals surface area contributed by atoms with Gasteiger partial charge in [0, 0.05) is 0 Å². The Kier molecular flexibility index (Phi) is 6.98. The highest BCUT2D eigenvalue weighted by Crippen LogP contribution is 2.27. The molecule has 3 N–H and O–H groups in total. The fraction of sp³-hybridized carbons (Fsp3) is 0.364. The molecule has 7 heteroatoms. The number of phenols is 1. The molecule has 0 spiro atoms. The van der Waals surface area contributed by atoms with Crippen LogP contribution in [0.5, 0.6) is 5.75 Å². The molecule has 0 saturated carbocycles. The van der Waals surface area contributed by atoms with E-state index in [2.05, 4.69) is 4.74 Å². The molecular formula is C11H14Cl2FNO3. The maximum Gasteiger partial charge on any atom is 0.342 e. The number of hydrogen-bond donors (Lipinski definition) is 2. The zero-order chi connectivity index (χ0) is 13.0. The lowest BCUT2D eigenvalue weighted by molar-refractivity contribution is -0.149. The van der Waals surface area contributed by atoms with E-state index in [4.69, 9.17) is 17.3 Å². The van der Waals surface area contributed by atoms with Crippen molar-refractivity contribution in [3.63, 3.8) is 0 Å². The molecule has 0 aliphatic carbocycles. The highest BCUT2D eigenvalue weighted by atomic mass is 35.5. The molecule has 0 saturated heterocycles. The van der Waals surface area contributed by atoms with Crippen molar-refractivity contribution in [3.8, 4) is 5.75 Å². The second-order valence-corrected chi connectivity index (χ2v) is 3.80. The molecule has 0 aliphatic rings. The summed E-state index contributed by atoms with van der Waals surface area (Å²) in [7, 11) is 0. The number of carbonyl (C=O) groups is 1. The number of halogens is 3. The third-order valence-electron chi connectivity index (χ3n) is 2.18. The highest BCUT2D eigenvalue weighted by molar-refractivity contribution is 6.32. The third-order valence-corrected chi connectivity index (χ3v) is 2.49. The van der Waals surface area contributed by atoms with Gasteiger partial charge >= 0.3 is 5.97 Å². The van der Waals surface area contributed by atoms with Gasteiger partial charge in [-0.1, -0.05) is 17.7 Å². The van der Waals surface area contributed by atoms with Gasteiger partial charge in [-0.25, -0.2) is 9.18 Å². The molecule has 0 bridgehead atoms. The highest BCUT2D eigenvalue weighted by Gasteiger charge is 2.28. The molecule has 0 heterocycles. The summed E-state index contributed by atoms with van der Waals surface area (Å²) in [6.45, 7) is 1.66. The van der Waals surface area contributed by atoms with E-state index in [9.17, 15) is 14.3 Å². The van der Waals surface area contributed by atoms with Crippen molar-refractivity contribution in [1.29, 1.82) is 0 Å². The maximum absolute atomic E-state index is 13.6. The second-order valence-electron chi connectivity index (χ2n) is 3.39. The van der Waals surface area contributed by atoms with Crippen molar-refractivity contribution in [3.05, 3.63) is 28.8 Å². The summed E-state index contributed by atoms with van der Waals surface area (Å²) in [6.07, 6.45) is -1.96. The molecule has 4 nitrogen and oxygen atoms in total. The molecule has 0 fully saturated rings. The standard InChI is InChI=1S/C11H13ClFNO3.ClH/c1-2-17-11(16)9(13)10(14)6-3-4-8(15)7(12)5-6;/h3-5,9-10,15H,2,14H2,1H3;1H/t9?,10-;/m1./s1. The first kappa shape index (κ1) is 17.0. The van der Waals surface area contributed by atoms with Gasteiger partial charge in [0.05, 0.1) is 17.7 Å². The zero-order valence-electron chi connectivity index (χ0n) is 9.60. The summed E-state index contributed by atoms with van der Waals surface area (Å²) in [4.78, 5) is 11.2. The predicted octanol–water partition coefficient (Wildman–Crippen LogP) is 2.37. The number of ether oxygens (including phenoxy) is 1. The summed E-state index contributed by atoms with van der Waals surface area (Å²) in [5, 5.41) is 9.25. The summed E-state index contributed by atoms with van der Waals surface area (Å²) in [5.74, 6) is -1.14. The van der Waals surface area contributed by atoms with Crippen LogP contribution in [0, 0.1) is 0 Å². The van der Waals surface area contributed by atoms with Gasteiger partial charge in [0.15, 0.2) is 0 Å². The predicted molar refractivity (Wildman–Crippen MR) is 68.8 cm³/mol. The number of nitrogens with two attached hydrogens (primary N) is 1. The van der Waals surface area contributed by atoms with Crippen molar-refractivity contribution in [2.75, 3.05) is 6.61 Å². The van der Waals surface area contributed by atoms with Crippen molar-refractivity contribution in [2.45, 2.75) is 19.1 Å². The lowest BCUT2D eigenvalue weighted by Crippen LogP contribution is -2.31. The smallest absolute Gasteiger partial charge is 0.342 e. The molecular weight excluding hydrogens is 284 g/mol. The van der Waals surface area contributed by atoms with Gasteiger partial charge in [-0.2, -0.15) is 0 Å². The van der Waals surface area contributed by atoms with E-state index in [1.165, 1.54) is 18.2 Å². The summed E-state index contributed by atoms with van der Waals surface area (Å²) >= 11 is 5.66. The fourth-order valence-corrected chi connectivity index (χ4v) is 1.46. The van der Waals surface area contributed by atoms with Crippen LogP contribution in [0.3, 0.4) is 0 Å². The van der Waals surface area contributed by atoms with Crippen LogP contribution in [-0.2, 0) is 9.53 Å². The van der Waals surface area contributed by atoms with E-state index >= 15 is 0 Å². The van der Waals surface area contributed by atoms with E-state index in [1.54, 1.807) is 6.92 Å². The van der Waals surface area contributed by atoms with E-state index in [0.29, 0.717) is 5.56 Å². The van der Waals surface area contributed by atoms with E-state index in [-0.39, 0.29) is 29.8 Å². The Labute approximate surface area is 115 Å². The number of aromatic hydroxyl groups is 1. The number of rotatable bonds is 4. The Morgan fingerprint density at radius 3 is 2.72 bits per heavy atom. The first-order valence-corrected chi connectivity index (χ1v) is 5.39. The largest absolute Gasteiger partial charge is 0.506 e. The number of carbonyl (C=O) groups excluding carboxylic acids is 1. The minimum Gasteiger partial charge on any atom is -0.506 e. The molecule has 0 radical (unpaired) electrons. The van der Waals surface area contributed by atoms with Crippen molar-refractivity contribution in [1.82, 2.24) is 0 Å². The Balaban J connectivity index is 0.00000289. The fourth-order valence-electron chi connectivity index (χ4n) is 1.27. The second kappa shape index (κ2) is 7.41. The lowest BCUT2D eigenvalue weighted by atomic mass is 10.0. The number of alkyl halides is 1. The van der Waals surface area contributed by atoms with Gasteiger partial charge in [0.25, 0.3) is 0 Å². The van der Waals surface area contributed by atoms with Crippen LogP contribution in [0.1, 0.15) is 18.5 Å². The van der Waals surface area contributed by atoms with Crippen LogP contribution >= 0.6 is 24.0 Å². The molecule has 1 unspecified atom stereocenters. The topological polar surface area (TPSA) is 72.5 Å². The molecule has 0 amide bonds. The Morgan fingerprint density at radius 2 is 2.22 bits per heavy atom. The number of hydrogen-bond acceptors (Lipinski definition) is 4. The van der Waals surface area contributed by atoms with Crippen LogP contribution in [0.15, 0.2) is 18.2 Å². The first-order chi connectivity index (χ1) is 7.97. The minimum atomic E-state index is -1.96. The molecule has 1 aromatic rings. The van der Waals surface area contributed by atoms with Crippen molar-refractivity contribution in [2.24, 2.45) is 5.73 Å². The van der Waals surface area contributed by atoms with Gasteiger partial charge in [-0.3, -0.25) is 0 Å². The van der Waals surface area contributed by atoms with Gasteiger partial charge in [0.1, 0.15) is 5.75 Å². The Morgan fingerprint density at radius 1 is 1.61 bits per heavy atom. The van der Waals surface area contributed by atoms with Crippen LogP contribution in [-0.4, -0.2) is 23.9 Å². The van der Waals surface area contributed by atoms with Gasteiger partial charge < -0.3 is 15.6 Å². The van der Waals surface area contributed by atoms with Gasteiger partial charge in [-0.05, 0) is 24.6 Å². The van der Waals surface area contributed by atoms with Crippen LogP contribution < -0.4 is 5.73 Å². The number of benzene rings is 1. The zero-order valence-corrected chi connectivity index (χ0v) is 11.2. The Bertz CT molecular complexity index is 417. The van der Waals surface area contributed by atoms with Crippen LogP contribution in [0.2, 0.25) is 5.02 Å². The SMILES string of the molecule is CCOC(=O)C(F)[C@H](N)c1ccc(O)c(Cl)c1.Cl. The molecule has 18 heavy (non-hydrogen) atoms. The molecule has 0 aliphatic heterocycles. The first-order valence-electron chi connectivity index (χ1n) is 5.02. The molecule has 0 aromatic heterocycles. The normalized spacial score (nSPS) is 13.3. The summed E-state index contributed by atoms with van der Waals surface area (Å²) in [6, 6.07) is 2.83. The quantitative estimate of drug-likeness (QED) is 0.837. The molecule has 1 rings (SSSR count). The summed E-state index contributed by atoms with van der Waals surface area (Å²) < 4.78 is 18.1. The number of esters is 1. The minimum absolute atomic E-state index is 0. The van der Waals surface area contributed by atoms with E-state index < -0.39 is 18.2 Å². The summed E-state index contributed by atoms with van der Waals surface area (Å²) in [5.41, 5.74) is 5.89. The molecule has 1 aromatic carbocycles.